The van der Waals surface area contributed by atoms with Crippen LogP contribution in [0.5, 0.6) is 5.75 Å². The van der Waals surface area contributed by atoms with Crippen LogP contribution in [0.4, 0.5) is 5.69 Å². The van der Waals surface area contributed by atoms with E-state index in [9.17, 15) is 5.11 Å². The summed E-state index contributed by atoms with van der Waals surface area (Å²) >= 11 is 0. The second-order valence-electron chi connectivity index (χ2n) is 6.00. The quantitative estimate of drug-likeness (QED) is 0.892. The molecule has 1 aliphatic rings. The highest BCUT2D eigenvalue weighted by Crippen LogP contribution is 2.41. The first kappa shape index (κ1) is 14.4. The zero-order valence-corrected chi connectivity index (χ0v) is 12.6. The van der Waals surface area contributed by atoms with Gasteiger partial charge in [0, 0.05) is 11.3 Å². The molecule has 0 aromatic heterocycles. The van der Waals surface area contributed by atoms with Gasteiger partial charge in [0.2, 0.25) is 0 Å². The fourth-order valence-electron chi connectivity index (χ4n) is 2.74. The third-order valence-corrected chi connectivity index (χ3v) is 3.97. The second kappa shape index (κ2) is 5.36. The molecule has 112 valence electrons. The summed E-state index contributed by atoms with van der Waals surface area (Å²) in [6, 6.07) is 16.8. The molecule has 2 aromatic rings. The lowest BCUT2D eigenvalue weighted by Gasteiger charge is -2.42. The summed E-state index contributed by atoms with van der Waals surface area (Å²) < 4.78 is 5.90. The fourth-order valence-corrected chi connectivity index (χ4v) is 2.74. The molecule has 0 spiro atoms. The van der Waals surface area contributed by atoms with E-state index < -0.39 is 11.7 Å². The molecule has 0 saturated heterocycles. The summed E-state index contributed by atoms with van der Waals surface area (Å²) in [6.45, 7) is 3.72. The number of hydrogen-bond donors (Lipinski definition) is 2. The monoisotopic (exact) mass is 294 g/mol. The first-order valence-electron chi connectivity index (χ1n) is 7.24. The number of fused-ring (bicyclic) bond motifs is 1. The van der Waals surface area contributed by atoms with Crippen LogP contribution in [0.2, 0.25) is 0 Å². The van der Waals surface area contributed by atoms with Crippen molar-refractivity contribution in [1.29, 1.82) is 5.26 Å². The highest BCUT2D eigenvalue weighted by molar-refractivity contribution is 5.52. The van der Waals surface area contributed by atoms with Crippen LogP contribution in [0.3, 0.4) is 0 Å². The van der Waals surface area contributed by atoms with Crippen molar-refractivity contribution in [2.45, 2.75) is 31.6 Å². The highest BCUT2D eigenvalue weighted by Gasteiger charge is 2.43. The first-order valence-corrected chi connectivity index (χ1v) is 7.24. The molecule has 0 amide bonds. The number of nitriles is 1. The Morgan fingerprint density at radius 1 is 1.18 bits per heavy atom. The number of nitrogens with one attached hydrogen (secondary N) is 1. The normalized spacial score (nSPS) is 22.1. The minimum atomic E-state index is -0.742. The minimum absolute atomic E-state index is 0.338. The number of benzene rings is 2. The average molecular weight is 294 g/mol. The molecule has 1 heterocycles. The van der Waals surface area contributed by atoms with Gasteiger partial charge in [0.1, 0.15) is 17.5 Å². The number of aliphatic hydroxyl groups excluding tert-OH is 1. The van der Waals surface area contributed by atoms with Crippen molar-refractivity contribution in [2.75, 3.05) is 5.32 Å². The van der Waals surface area contributed by atoms with Crippen LogP contribution in [0.25, 0.3) is 0 Å². The van der Waals surface area contributed by atoms with Gasteiger partial charge in [-0.15, -0.1) is 0 Å². The van der Waals surface area contributed by atoms with Crippen LogP contribution in [-0.2, 0) is 0 Å². The molecule has 22 heavy (non-hydrogen) atoms. The van der Waals surface area contributed by atoms with Gasteiger partial charge in [-0.1, -0.05) is 18.2 Å². The Bertz CT molecular complexity index is 720. The number of aliphatic hydroxyl groups is 1. The van der Waals surface area contributed by atoms with Crippen molar-refractivity contribution in [3.8, 4) is 11.8 Å². The summed E-state index contributed by atoms with van der Waals surface area (Å²) in [4.78, 5) is 0. The van der Waals surface area contributed by atoms with Crippen molar-refractivity contribution in [2.24, 2.45) is 0 Å². The lowest BCUT2D eigenvalue weighted by molar-refractivity contribution is -0.0532. The van der Waals surface area contributed by atoms with Gasteiger partial charge in [-0.05, 0) is 44.2 Å². The Labute approximate surface area is 130 Å². The summed E-state index contributed by atoms with van der Waals surface area (Å²) in [6.07, 6.45) is -0.742. The fraction of sp³-hybridized carbons (Fsp3) is 0.278. The zero-order chi connectivity index (χ0) is 15.7. The van der Waals surface area contributed by atoms with Crippen LogP contribution in [-0.4, -0.2) is 16.8 Å². The van der Waals surface area contributed by atoms with Gasteiger partial charge in [-0.2, -0.15) is 5.26 Å². The van der Waals surface area contributed by atoms with Gasteiger partial charge >= 0.3 is 0 Å². The molecule has 0 saturated carbocycles. The number of para-hydroxylation sites is 1. The third kappa shape index (κ3) is 2.51. The predicted molar refractivity (Wildman–Crippen MR) is 84.7 cm³/mol. The summed E-state index contributed by atoms with van der Waals surface area (Å²) in [7, 11) is 0. The minimum Gasteiger partial charge on any atom is -0.485 e. The van der Waals surface area contributed by atoms with Gasteiger partial charge in [-0.3, -0.25) is 0 Å². The van der Waals surface area contributed by atoms with E-state index in [2.05, 4.69) is 11.4 Å². The Kier molecular flexibility index (Phi) is 3.51. The number of anilines is 1. The molecule has 0 radical (unpaired) electrons. The topological polar surface area (TPSA) is 65.3 Å². The summed E-state index contributed by atoms with van der Waals surface area (Å²) in [5, 5.41) is 23.2. The predicted octanol–water partition coefficient (Wildman–Crippen LogP) is 3.24. The smallest absolute Gasteiger partial charge is 0.132 e. The number of hydrogen-bond acceptors (Lipinski definition) is 4. The molecule has 4 heteroatoms. The van der Waals surface area contributed by atoms with Crippen molar-refractivity contribution in [3.05, 3.63) is 59.7 Å². The van der Waals surface area contributed by atoms with E-state index in [1.165, 1.54) is 0 Å². The van der Waals surface area contributed by atoms with Gasteiger partial charge in [0.05, 0.1) is 17.7 Å². The maximum atomic E-state index is 10.7. The molecule has 0 fully saturated rings. The highest BCUT2D eigenvalue weighted by atomic mass is 16.5. The SMILES string of the molecule is CC1(C)Oc2ccc(C#N)cc2C(Nc2ccccc2)C1O. The Morgan fingerprint density at radius 3 is 2.59 bits per heavy atom. The molecule has 4 nitrogen and oxygen atoms in total. The van der Waals surface area contributed by atoms with Crippen molar-refractivity contribution < 1.29 is 9.84 Å². The second-order valence-corrected chi connectivity index (χ2v) is 6.00. The lowest BCUT2D eigenvalue weighted by Crippen LogP contribution is -2.50. The van der Waals surface area contributed by atoms with E-state index in [0.29, 0.717) is 11.3 Å². The standard InChI is InChI=1S/C18H18N2O2/c1-18(2)17(21)16(20-13-6-4-3-5-7-13)14-10-12(11-19)8-9-15(14)22-18/h3-10,16-17,20-21H,1-2H3. The van der Waals surface area contributed by atoms with E-state index in [1.807, 2.05) is 44.2 Å². The average Bonchev–Trinajstić information content (AvgIpc) is 2.52. The third-order valence-electron chi connectivity index (χ3n) is 3.97. The van der Waals surface area contributed by atoms with E-state index in [1.54, 1.807) is 18.2 Å². The van der Waals surface area contributed by atoms with E-state index >= 15 is 0 Å². The lowest BCUT2D eigenvalue weighted by atomic mass is 9.86. The Balaban J connectivity index is 2.05. The summed E-state index contributed by atoms with van der Waals surface area (Å²) in [5.41, 5.74) is 1.55. The van der Waals surface area contributed by atoms with E-state index in [4.69, 9.17) is 10.00 Å². The molecule has 0 bridgehead atoms. The van der Waals surface area contributed by atoms with Gasteiger partial charge in [0.15, 0.2) is 0 Å². The molecule has 2 unspecified atom stereocenters. The largest absolute Gasteiger partial charge is 0.485 e. The molecule has 2 aromatic carbocycles. The van der Waals surface area contributed by atoms with Gasteiger partial charge < -0.3 is 15.2 Å². The first-order chi connectivity index (χ1) is 10.5. The molecular formula is C18H18N2O2. The van der Waals surface area contributed by atoms with Crippen LogP contribution in [0, 0.1) is 11.3 Å². The summed E-state index contributed by atoms with van der Waals surface area (Å²) in [5.74, 6) is 0.697. The van der Waals surface area contributed by atoms with E-state index in [-0.39, 0.29) is 6.04 Å². The molecule has 2 N–H and O–H groups in total. The van der Waals surface area contributed by atoms with E-state index in [0.717, 1.165) is 11.3 Å². The van der Waals surface area contributed by atoms with Crippen molar-refractivity contribution in [3.63, 3.8) is 0 Å². The van der Waals surface area contributed by atoms with Crippen molar-refractivity contribution in [1.82, 2.24) is 0 Å². The molecule has 0 aliphatic carbocycles. The molecular weight excluding hydrogens is 276 g/mol. The number of ether oxygens (including phenoxy) is 1. The number of nitrogens with zero attached hydrogens (tertiary/aromatic N) is 1. The maximum absolute atomic E-state index is 10.7. The van der Waals surface area contributed by atoms with Crippen LogP contribution >= 0.6 is 0 Å². The number of rotatable bonds is 2. The maximum Gasteiger partial charge on any atom is 0.132 e. The van der Waals surface area contributed by atoms with Gasteiger partial charge in [-0.25, -0.2) is 0 Å². The Hall–Kier alpha value is -2.51. The van der Waals surface area contributed by atoms with Crippen LogP contribution in [0.1, 0.15) is 31.0 Å². The van der Waals surface area contributed by atoms with Crippen LogP contribution < -0.4 is 10.1 Å². The molecule has 2 atom stereocenters. The molecule has 1 aliphatic heterocycles. The zero-order valence-electron chi connectivity index (χ0n) is 12.6. The van der Waals surface area contributed by atoms with Crippen molar-refractivity contribution >= 4 is 5.69 Å². The van der Waals surface area contributed by atoms with Crippen LogP contribution in [0.15, 0.2) is 48.5 Å². The van der Waals surface area contributed by atoms with Gasteiger partial charge in [0.25, 0.3) is 0 Å². The molecule has 3 rings (SSSR count). The Morgan fingerprint density at radius 2 is 1.91 bits per heavy atom.